The zero-order chi connectivity index (χ0) is 25.5. The summed E-state index contributed by atoms with van der Waals surface area (Å²) in [6.45, 7) is 13.4. The highest BCUT2D eigenvalue weighted by Gasteiger charge is 2.41. The standard InChI is InChI=1S/C26H32N4O5/c1-15-20-18(30(29-15)24(32)35-26(5,6)7)10-11-19(21(20)16-9-8-12-27-13-16)33-22(17-14-28-17)23(31)34-25(2,3)4/h8-13,17,22,28H,14H2,1-7H3/t17-,22?/m0/s1. The summed E-state index contributed by atoms with van der Waals surface area (Å²) in [5.41, 5.74) is 1.34. The molecule has 4 rings (SSSR count). The number of carbonyl (C=O) groups excluding carboxylic acids is 2. The first-order valence-corrected chi connectivity index (χ1v) is 11.6. The number of aryl methyl sites for hydroxylation is 1. The van der Waals surface area contributed by atoms with Crippen molar-refractivity contribution in [2.45, 2.75) is 71.8 Å². The van der Waals surface area contributed by atoms with Crippen LogP contribution in [0.4, 0.5) is 4.79 Å². The molecule has 1 aliphatic rings. The van der Waals surface area contributed by atoms with Crippen LogP contribution in [0.5, 0.6) is 5.75 Å². The quantitative estimate of drug-likeness (QED) is 0.426. The second-order valence-corrected chi connectivity index (χ2v) is 10.6. The second-order valence-electron chi connectivity index (χ2n) is 10.6. The molecular weight excluding hydrogens is 448 g/mol. The molecule has 1 N–H and O–H groups in total. The number of hydrogen-bond donors (Lipinski definition) is 1. The summed E-state index contributed by atoms with van der Waals surface area (Å²) in [6.07, 6.45) is 1.99. The molecular formula is C26H32N4O5. The summed E-state index contributed by atoms with van der Waals surface area (Å²) in [6, 6.07) is 7.07. The molecule has 9 nitrogen and oxygen atoms in total. The zero-order valence-electron chi connectivity index (χ0n) is 21.2. The number of nitrogens with zero attached hydrogens (tertiary/aromatic N) is 3. The average Bonchev–Trinajstić information content (AvgIpc) is 3.53. The van der Waals surface area contributed by atoms with Gasteiger partial charge in [-0.05, 0) is 66.7 Å². The minimum Gasteiger partial charge on any atom is -0.476 e. The Balaban J connectivity index is 1.83. The molecule has 0 saturated carbocycles. The number of rotatable bonds is 5. The van der Waals surface area contributed by atoms with Gasteiger partial charge in [0.15, 0.2) is 0 Å². The number of benzene rings is 1. The van der Waals surface area contributed by atoms with Gasteiger partial charge in [0.2, 0.25) is 6.10 Å². The van der Waals surface area contributed by atoms with Gasteiger partial charge in [0.1, 0.15) is 17.0 Å². The van der Waals surface area contributed by atoms with Crippen LogP contribution in [-0.4, -0.2) is 56.7 Å². The normalized spacial score (nSPS) is 16.6. The lowest BCUT2D eigenvalue weighted by Crippen LogP contribution is -2.40. The molecule has 2 atom stereocenters. The SMILES string of the molecule is Cc1nn(C(=O)OC(C)(C)C)c2ccc(OC(C(=O)OC(C)(C)C)[C@@H]3CN3)c(-c3cccnc3)c12. The number of aromatic nitrogens is 3. The van der Waals surface area contributed by atoms with Gasteiger partial charge in [-0.3, -0.25) is 4.98 Å². The average molecular weight is 481 g/mol. The predicted molar refractivity (Wildman–Crippen MR) is 131 cm³/mol. The molecule has 1 unspecified atom stereocenters. The maximum absolute atomic E-state index is 13.0. The fraction of sp³-hybridized carbons (Fsp3) is 0.462. The number of pyridine rings is 1. The summed E-state index contributed by atoms with van der Waals surface area (Å²) in [5, 5.41) is 8.34. The number of esters is 1. The first-order chi connectivity index (χ1) is 16.3. The molecule has 0 amide bonds. The van der Waals surface area contributed by atoms with E-state index in [2.05, 4.69) is 15.4 Å². The van der Waals surface area contributed by atoms with Crippen molar-refractivity contribution in [2.75, 3.05) is 6.54 Å². The van der Waals surface area contributed by atoms with Crippen molar-refractivity contribution in [3.05, 3.63) is 42.4 Å². The molecule has 1 fully saturated rings. The molecule has 0 radical (unpaired) electrons. The van der Waals surface area contributed by atoms with Gasteiger partial charge in [-0.15, -0.1) is 0 Å². The van der Waals surface area contributed by atoms with Gasteiger partial charge in [-0.25, -0.2) is 9.59 Å². The lowest BCUT2D eigenvalue weighted by Gasteiger charge is -2.25. The van der Waals surface area contributed by atoms with Crippen molar-refractivity contribution in [3.8, 4) is 16.9 Å². The molecule has 1 saturated heterocycles. The van der Waals surface area contributed by atoms with Crippen LogP contribution in [0.15, 0.2) is 36.7 Å². The van der Waals surface area contributed by atoms with Crippen LogP contribution in [-0.2, 0) is 14.3 Å². The van der Waals surface area contributed by atoms with Crippen LogP contribution >= 0.6 is 0 Å². The van der Waals surface area contributed by atoms with Crippen molar-refractivity contribution in [1.82, 2.24) is 20.1 Å². The highest BCUT2D eigenvalue weighted by atomic mass is 16.6. The second kappa shape index (κ2) is 8.96. The highest BCUT2D eigenvalue weighted by Crippen LogP contribution is 2.39. The Morgan fingerprint density at radius 2 is 1.77 bits per heavy atom. The number of ether oxygens (including phenoxy) is 3. The molecule has 35 heavy (non-hydrogen) atoms. The first-order valence-electron chi connectivity index (χ1n) is 11.6. The van der Waals surface area contributed by atoms with E-state index in [9.17, 15) is 9.59 Å². The minimum atomic E-state index is -0.830. The Bertz CT molecular complexity index is 1250. The Morgan fingerprint density at radius 3 is 2.34 bits per heavy atom. The Labute approximate surface area is 204 Å². The van der Waals surface area contributed by atoms with Crippen LogP contribution in [0.25, 0.3) is 22.0 Å². The van der Waals surface area contributed by atoms with E-state index in [0.29, 0.717) is 34.5 Å². The third-order valence-corrected chi connectivity index (χ3v) is 5.20. The van der Waals surface area contributed by atoms with Crippen molar-refractivity contribution in [1.29, 1.82) is 0 Å². The van der Waals surface area contributed by atoms with E-state index in [1.165, 1.54) is 4.68 Å². The van der Waals surface area contributed by atoms with Gasteiger partial charge < -0.3 is 19.5 Å². The van der Waals surface area contributed by atoms with E-state index in [1.54, 1.807) is 45.3 Å². The van der Waals surface area contributed by atoms with E-state index in [1.807, 2.05) is 39.8 Å². The van der Waals surface area contributed by atoms with Crippen molar-refractivity contribution in [3.63, 3.8) is 0 Å². The molecule has 3 heterocycles. The molecule has 0 bridgehead atoms. The molecule has 1 aliphatic heterocycles. The van der Waals surface area contributed by atoms with E-state index in [-0.39, 0.29) is 6.04 Å². The minimum absolute atomic E-state index is 0.145. The molecule has 0 spiro atoms. The van der Waals surface area contributed by atoms with Gasteiger partial charge in [0.05, 0.1) is 17.3 Å². The van der Waals surface area contributed by atoms with Crippen molar-refractivity contribution < 1.29 is 23.8 Å². The lowest BCUT2D eigenvalue weighted by molar-refractivity contribution is -0.163. The number of nitrogens with one attached hydrogen (secondary N) is 1. The third kappa shape index (κ3) is 5.62. The summed E-state index contributed by atoms with van der Waals surface area (Å²) >= 11 is 0. The van der Waals surface area contributed by atoms with Crippen LogP contribution in [0.2, 0.25) is 0 Å². The largest absolute Gasteiger partial charge is 0.476 e. The van der Waals surface area contributed by atoms with E-state index >= 15 is 0 Å². The van der Waals surface area contributed by atoms with Crippen LogP contribution in [0.1, 0.15) is 47.2 Å². The monoisotopic (exact) mass is 480 g/mol. The molecule has 186 valence electrons. The van der Waals surface area contributed by atoms with E-state index in [0.717, 1.165) is 5.56 Å². The summed E-state index contributed by atoms with van der Waals surface area (Å²) < 4.78 is 18.8. The maximum atomic E-state index is 13.0. The summed E-state index contributed by atoms with van der Waals surface area (Å²) in [4.78, 5) is 30.1. The topological polar surface area (TPSA) is 114 Å². The van der Waals surface area contributed by atoms with Gasteiger partial charge in [0, 0.05) is 35.5 Å². The van der Waals surface area contributed by atoms with Crippen molar-refractivity contribution >= 4 is 23.0 Å². The highest BCUT2D eigenvalue weighted by molar-refractivity contribution is 6.02. The fourth-order valence-corrected chi connectivity index (χ4v) is 3.78. The first kappa shape index (κ1) is 24.7. The maximum Gasteiger partial charge on any atom is 0.435 e. The number of carbonyl (C=O) groups is 2. The van der Waals surface area contributed by atoms with Crippen molar-refractivity contribution in [2.24, 2.45) is 0 Å². The van der Waals surface area contributed by atoms with Gasteiger partial charge >= 0.3 is 12.1 Å². The van der Waals surface area contributed by atoms with Gasteiger partial charge in [-0.2, -0.15) is 9.78 Å². The molecule has 0 aliphatic carbocycles. The van der Waals surface area contributed by atoms with E-state index in [4.69, 9.17) is 14.2 Å². The van der Waals surface area contributed by atoms with Gasteiger partial charge in [-0.1, -0.05) is 6.07 Å². The molecule has 1 aromatic carbocycles. The number of fused-ring (bicyclic) bond motifs is 1. The third-order valence-electron chi connectivity index (χ3n) is 5.20. The fourth-order valence-electron chi connectivity index (χ4n) is 3.78. The molecule has 2 aromatic heterocycles. The molecule has 3 aromatic rings. The zero-order valence-corrected chi connectivity index (χ0v) is 21.2. The predicted octanol–water partition coefficient (Wildman–Crippen LogP) is 4.25. The summed E-state index contributed by atoms with van der Waals surface area (Å²) in [7, 11) is 0. The number of hydrogen-bond acceptors (Lipinski definition) is 8. The Hall–Kier alpha value is -3.46. The Morgan fingerprint density at radius 1 is 1.09 bits per heavy atom. The lowest BCUT2D eigenvalue weighted by atomic mass is 10.00. The van der Waals surface area contributed by atoms with E-state index < -0.39 is 29.4 Å². The van der Waals surface area contributed by atoms with Crippen LogP contribution in [0, 0.1) is 6.92 Å². The van der Waals surface area contributed by atoms with Crippen LogP contribution < -0.4 is 10.1 Å². The Kier molecular flexibility index (Phi) is 6.31. The van der Waals surface area contributed by atoms with Gasteiger partial charge in [0.25, 0.3) is 0 Å². The molecule has 9 heteroatoms. The smallest absolute Gasteiger partial charge is 0.435 e. The van der Waals surface area contributed by atoms with Crippen LogP contribution in [0.3, 0.4) is 0 Å². The summed E-state index contributed by atoms with van der Waals surface area (Å²) in [5.74, 6) is 0.0350.